The number of carboxylic acid groups (broad SMARTS) is 3. The van der Waals surface area contributed by atoms with Crippen LogP contribution in [0.2, 0.25) is 0 Å². The third kappa shape index (κ3) is 3.63. The van der Waals surface area contributed by atoms with Gasteiger partial charge in [0.1, 0.15) is 36.4 Å². The third-order valence-corrected chi connectivity index (χ3v) is 3.83. The molecule has 0 bridgehead atoms. The van der Waals surface area contributed by atoms with Crippen LogP contribution < -0.4 is 0 Å². The van der Waals surface area contributed by atoms with Crippen LogP contribution in [0.4, 0.5) is 0 Å². The number of aliphatic hydroxyl groups excluding tert-OH is 4. The molecular weight excluding hydrogens is 336 g/mol. The number of carboxylic acids is 3. The first-order valence-corrected chi connectivity index (χ1v) is 6.68. The van der Waals surface area contributed by atoms with Gasteiger partial charge in [-0.15, -0.1) is 0 Å². The summed E-state index contributed by atoms with van der Waals surface area (Å²) in [6.07, 6.45) is -11.2. The van der Waals surface area contributed by atoms with Crippen molar-refractivity contribution in [2.45, 2.75) is 42.5 Å². The Morgan fingerprint density at radius 2 is 1.54 bits per heavy atom. The maximum atomic E-state index is 11.4. The molecule has 0 aromatic carbocycles. The minimum absolute atomic E-state index is 0.918. The van der Waals surface area contributed by atoms with Crippen LogP contribution in [0.25, 0.3) is 0 Å². The molecular formula is C12H18O12. The second-order valence-corrected chi connectivity index (χ2v) is 5.41. The van der Waals surface area contributed by atoms with Crippen LogP contribution in [0, 0.1) is 5.92 Å². The highest BCUT2D eigenvalue weighted by Gasteiger charge is 2.59. The van der Waals surface area contributed by atoms with Crippen LogP contribution in [0.1, 0.15) is 6.42 Å². The first kappa shape index (κ1) is 20.2. The van der Waals surface area contributed by atoms with E-state index < -0.39 is 73.0 Å². The fourth-order valence-corrected chi connectivity index (χ4v) is 2.57. The summed E-state index contributed by atoms with van der Waals surface area (Å²) in [4.78, 5) is 33.5. The van der Waals surface area contributed by atoms with E-state index in [9.17, 15) is 39.9 Å². The Kier molecular flexibility index (Phi) is 6.21. The highest BCUT2D eigenvalue weighted by Crippen LogP contribution is 2.34. The highest BCUT2D eigenvalue weighted by atomic mass is 16.5. The SMILES string of the molecule is O=C(O)CC(O)(C(=O)O)C(C(=O)O)C1O[C@H](CO)[C@@H](O)[C@H](O)[C@@H]1O. The Balaban J connectivity index is 3.34. The van der Waals surface area contributed by atoms with E-state index in [1.54, 1.807) is 0 Å². The molecule has 8 N–H and O–H groups in total. The number of hydrogen-bond acceptors (Lipinski definition) is 9. The van der Waals surface area contributed by atoms with Crippen LogP contribution in [0.3, 0.4) is 0 Å². The van der Waals surface area contributed by atoms with E-state index in [0.717, 1.165) is 0 Å². The van der Waals surface area contributed by atoms with Crippen LogP contribution in [-0.2, 0) is 19.1 Å². The zero-order valence-electron chi connectivity index (χ0n) is 12.1. The van der Waals surface area contributed by atoms with Crippen molar-refractivity contribution in [2.75, 3.05) is 6.61 Å². The molecule has 0 aliphatic carbocycles. The summed E-state index contributed by atoms with van der Waals surface area (Å²) in [5, 5.41) is 75.4. The Hall–Kier alpha value is -1.83. The van der Waals surface area contributed by atoms with E-state index in [4.69, 9.17) is 20.1 Å². The van der Waals surface area contributed by atoms with Gasteiger partial charge in [-0.3, -0.25) is 9.59 Å². The van der Waals surface area contributed by atoms with Gasteiger partial charge in [-0.2, -0.15) is 0 Å². The normalized spacial score (nSPS) is 34.1. The summed E-state index contributed by atoms with van der Waals surface area (Å²) in [5.41, 5.74) is -3.38. The van der Waals surface area contributed by atoms with Gasteiger partial charge < -0.3 is 45.6 Å². The Morgan fingerprint density at radius 3 is 1.92 bits per heavy atom. The first-order valence-electron chi connectivity index (χ1n) is 6.68. The van der Waals surface area contributed by atoms with Crippen molar-refractivity contribution >= 4 is 17.9 Å². The molecule has 1 aliphatic heterocycles. The van der Waals surface area contributed by atoms with Gasteiger partial charge in [0.25, 0.3) is 0 Å². The molecule has 3 unspecified atom stereocenters. The van der Waals surface area contributed by atoms with Crippen molar-refractivity contribution in [3.05, 3.63) is 0 Å². The topological polar surface area (TPSA) is 222 Å². The van der Waals surface area contributed by atoms with Gasteiger partial charge in [0.05, 0.1) is 13.0 Å². The summed E-state index contributed by atoms with van der Waals surface area (Å²) in [7, 11) is 0. The zero-order chi connectivity index (χ0) is 18.8. The quantitative estimate of drug-likeness (QED) is 0.218. The number of aliphatic carboxylic acids is 3. The predicted molar refractivity (Wildman–Crippen MR) is 69.7 cm³/mol. The van der Waals surface area contributed by atoms with Gasteiger partial charge in [0.2, 0.25) is 0 Å². The molecule has 7 atom stereocenters. The minimum Gasteiger partial charge on any atom is -0.481 e. The van der Waals surface area contributed by atoms with Gasteiger partial charge in [-0.1, -0.05) is 0 Å². The highest BCUT2D eigenvalue weighted by molar-refractivity contribution is 5.90. The van der Waals surface area contributed by atoms with E-state index >= 15 is 0 Å². The number of aliphatic hydroxyl groups is 5. The van der Waals surface area contributed by atoms with Gasteiger partial charge in [0.15, 0.2) is 5.60 Å². The summed E-state index contributed by atoms with van der Waals surface area (Å²) < 4.78 is 4.92. The molecule has 0 aromatic heterocycles. The molecule has 1 saturated heterocycles. The summed E-state index contributed by atoms with van der Waals surface area (Å²) in [6, 6.07) is 0. The molecule has 0 spiro atoms. The minimum atomic E-state index is -3.38. The number of hydrogen-bond donors (Lipinski definition) is 8. The van der Waals surface area contributed by atoms with E-state index in [0.29, 0.717) is 0 Å². The lowest BCUT2D eigenvalue weighted by Crippen LogP contribution is -2.66. The third-order valence-electron chi connectivity index (χ3n) is 3.83. The van der Waals surface area contributed by atoms with Crippen molar-refractivity contribution in [1.82, 2.24) is 0 Å². The molecule has 12 heteroatoms. The molecule has 0 saturated carbocycles. The van der Waals surface area contributed by atoms with Crippen LogP contribution in [0.5, 0.6) is 0 Å². The van der Waals surface area contributed by atoms with Gasteiger partial charge >= 0.3 is 17.9 Å². The molecule has 1 rings (SSSR count). The van der Waals surface area contributed by atoms with Gasteiger partial charge in [0, 0.05) is 0 Å². The van der Waals surface area contributed by atoms with Crippen LogP contribution >= 0.6 is 0 Å². The standard InChI is InChI=1S/C12H18O12/c13-2-3-6(16)7(17)8(18)9(24-3)5(10(19)20)12(23,11(21)22)1-4(14)15/h3,5-9,13,16-18,23H,1-2H2,(H,14,15)(H,19,20)(H,21,22)/t3-,5?,6-,7+,8+,9?,12?/m1/s1. The first-order chi connectivity index (χ1) is 11.0. The fourth-order valence-electron chi connectivity index (χ4n) is 2.57. The lowest BCUT2D eigenvalue weighted by Gasteiger charge is -2.44. The number of ether oxygens (including phenoxy) is 1. The van der Waals surface area contributed by atoms with Crippen molar-refractivity contribution in [3.63, 3.8) is 0 Å². The lowest BCUT2D eigenvalue weighted by molar-refractivity contribution is -0.257. The molecule has 1 aliphatic rings. The molecule has 1 fully saturated rings. The van der Waals surface area contributed by atoms with Crippen molar-refractivity contribution in [1.29, 1.82) is 0 Å². The van der Waals surface area contributed by atoms with Gasteiger partial charge in [-0.25, -0.2) is 4.79 Å². The molecule has 0 aromatic rings. The molecule has 138 valence electrons. The average Bonchev–Trinajstić information content (AvgIpc) is 2.46. The van der Waals surface area contributed by atoms with Gasteiger partial charge in [-0.05, 0) is 0 Å². The second-order valence-electron chi connectivity index (χ2n) is 5.41. The predicted octanol–water partition coefficient (Wildman–Crippen LogP) is -4.18. The fraction of sp³-hybridized carbons (Fsp3) is 0.750. The second kappa shape index (κ2) is 7.38. The maximum absolute atomic E-state index is 11.4. The smallest absolute Gasteiger partial charge is 0.337 e. The number of rotatable bonds is 7. The molecule has 1 heterocycles. The molecule has 24 heavy (non-hydrogen) atoms. The van der Waals surface area contributed by atoms with Crippen molar-refractivity contribution in [2.24, 2.45) is 5.92 Å². The Morgan fingerprint density at radius 1 is 1.00 bits per heavy atom. The van der Waals surface area contributed by atoms with E-state index in [2.05, 4.69) is 0 Å². The maximum Gasteiger partial charge on any atom is 0.337 e. The monoisotopic (exact) mass is 354 g/mol. The van der Waals surface area contributed by atoms with Crippen LogP contribution in [0.15, 0.2) is 0 Å². The summed E-state index contributed by atoms with van der Waals surface area (Å²) >= 11 is 0. The van der Waals surface area contributed by atoms with Crippen molar-refractivity contribution in [3.8, 4) is 0 Å². The van der Waals surface area contributed by atoms with Crippen LogP contribution in [-0.4, -0.2) is 101 Å². The van der Waals surface area contributed by atoms with Crippen molar-refractivity contribution < 1.29 is 60.0 Å². The molecule has 0 radical (unpaired) electrons. The largest absolute Gasteiger partial charge is 0.481 e. The molecule has 0 amide bonds. The summed E-state index contributed by atoms with van der Waals surface area (Å²) in [5.74, 6) is -8.58. The lowest BCUT2D eigenvalue weighted by atomic mass is 9.76. The van der Waals surface area contributed by atoms with E-state index in [-0.39, 0.29) is 0 Å². The molecule has 12 nitrogen and oxygen atoms in total. The van der Waals surface area contributed by atoms with E-state index in [1.165, 1.54) is 0 Å². The average molecular weight is 354 g/mol. The Bertz CT molecular complexity index is 504. The summed E-state index contributed by atoms with van der Waals surface area (Å²) in [6.45, 7) is -0.918. The Labute approximate surface area is 134 Å². The zero-order valence-corrected chi connectivity index (χ0v) is 12.1. The number of carbonyl (C=O) groups is 3. The van der Waals surface area contributed by atoms with E-state index in [1.807, 2.05) is 0 Å².